The van der Waals surface area contributed by atoms with Crippen LogP contribution in [0.2, 0.25) is 0 Å². The van der Waals surface area contributed by atoms with Gasteiger partial charge in [0, 0.05) is 0 Å². The fourth-order valence-corrected chi connectivity index (χ4v) is 1.22. The summed E-state index contributed by atoms with van der Waals surface area (Å²) in [6, 6.07) is 5.36. The minimum Gasteiger partial charge on any atom is -0.491 e. The Labute approximate surface area is 89.4 Å². The number of hydrogen-bond donors (Lipinski definition) is 2. The zero-order chi connectivity index (χ0) is 11.3. The van der Waals surface area contributed by atoms with E-state index >= 15 is 0 Å². The Morgan fingerprint density at radius 2 is 2.20 bits per heavy atom. The first kappa shape index (κ1) is 11.4. The number of hydrogen-bond acceptors (Lipinski definition) is 2. The molecule has 0 aliphatic heterocycles. The molecule has 1 aromatic carbocycles. The number of urea groups is 1. The fourth-order valence-electron chi connectivity index (χ4n) is 1.22. The van der Waals surface area contributed by atoms with E-state index in [0.717, 1.165) is 11.3 Å². The molecule has 0 atom stereocenters. The number of benzene rings is 1. The summed E-state index contributed by atoms with van der Waals surface area (Å²) >= 11 is 0. The van der Waals surface area contributed by atoms with Gasteiger partial charge in [0.25, 0.3) is 0 Å². The Hall–Kier alpha value is -1.71. The molecule has 0 saturated heterocycles. The van der Waals surface area contributed by atoms with Gasteiger partial charge in [-0.25, -0.2) is 4.79 Å². The lowest BCUT2D eigenvalue weighted by atomic mass is 10.1. The molecular formula is C11H16N2O2. The predicted octanol–water partition coefficient (Wildman–Crippen LogP) is 1.35. The molecule has 0 spiro atoms. The van der Waals surface area contributed by atoms with Gasteiger partial charge >= 0.3 is 6.03 Å². The second-order valence-corrected chi connectivity index (χ2v) is 3.34. The largest absolute Gasteiger partial charge is 0.491 e. The first-order chi connectivity index (χ1) is 7.11. The van der Waals surface area contributed by atoms with E-state index < -0.39 is 6.03 Å². The average Bonchev–Trinajstić information content (AvgIpc) is 2.18. The van der Waals surface area contributed by atoms with Gasteiger partial charge in [-0.05, 0) is 31.0 Å². The first-order valence-electron chi connectivity index (χ1n) is 4.83. The number of carbonyl (C=O) groups excluding carboxylic acids is 1. The minimum atomic E-state index is -0.528. The molecule has 82 valence electrons. The highest BCUT2D eigenvalue weighted by atomic mass is 16.5. The minimum absolute atomic E-state index is 0.419. The van der Waals surface area contributed by atoms with Crippen molar-refractivity contribution in [2.45, 2.75) is 13.8 Å². The third-order valence-electron chi connectivity index (χ3n) is 2.21. The van der Waals surface area contributed by atoms with Crippen LogP contribution in [0.3, 0.4) is 0 Å². The number of aryl methyl sites for hydroxylation is 1. The van der Waals surface area contributed by atoms with Gasteiger partial charge in [-0.3, -0.25) is 0 Å². The molecule has 0 fully saturated rings. The van der Waals surface area contributed by atoms with Crippen LogP contribution in [-0.4, -0.2) is 19.2 Å². The fraction of sp³-hybridized carbons (Fsp3) is 0.364. The molecule has 0 aromatic heterocycles. The van der Waals surface area contributed by atoms with Crippen molar-refractivity contribution in [2.75, 3.05) is 13.2 Å². The van der Waals surface area contributed by atoms with Crippen LogP contribution in [0.4, 0.5) is 4.79 Å². The van der Waals surface area contributed by atoms with Crippen molar-refractivity contribution in [2.24, 2.45) is 5.73 Å². The van der Waals surface area contributed by atoms with E-state index in [-0.39, 0.29) is 0 Å². The molecule has 0 aliphatic carbocycles. The zero-order valence-corrected chi connectivity index (χ0v) is 9.04. The van der Waals surface area contributed by atoms with E-state index in [1.807, 2.05) is 32.0 Å². The van der Waals surface area contributed by atoms with E-state index in [0.29, 0.717) is 13.2 Å². The number of rotatable bonds is 4. The van der Waals surface area contributed by atoms with Gasteiger partial charge in [0.15, 0.2) is 0 Å². The molecule has 0 bridgehead atoms. The molecule has 0 aliphatic rings. The molecule has 4 heteroatoms. The van der Waals surface area contributed by atoms with Crippen LogP contribution in [0.5, 0.6) is 5.75 Å². The van der Waals surface area contributed by atoms with Crippen LogP contribution in [0.15, 0.2) is 18.2 Å². The highest BCUT2D eigenvalue weighted by Crippen LogP contribution is 2.20. The van der Waals surface area contributed by atoms with Crippen molar-refractivity contribution < 1.29 is 9.53 Å². The molecule has 15 heavy (non-hydrogen) atoms. The molecule has 2 amide bonds. The summed E-state index contributed by atoms with van der Waals surface area (Å²) in [6.45, 7) is 4.88. The number of nitrogens with two attached hydrogens (primary N) is 1. The summed E-state index contributed by atoms with van der Waals surface area (Å²) in [7, 11) is 0. The number of ether oxygens (including phenoxy) is 1. The lowest BCUT2D eigenvalue weighted by Gasteiger charge is -2.10. The summed E-state index contributed by atoms with van der Waals surface area (Å²) < 4.78 is 5.50. The molecule has 0 radical (unpaired) electrons. The molecule has 4 nitrogen and oxygen atoms in total. The lowest BCUT2D eigenvalue weighted by molar-refractivity contribution is 0.244. The van der Waals surface area contributed by atoms with Crippen molar-refractivity contribution in [3.05, 3.63) is 29.3 Å². The normalized spacial score (nSPS) is 9.73. The van der Waals surface area contributed by atoms with Crippen LogP contribution < -0.4 is 15.8 Å². The zero-order valence-electron chi connectivity index (χ0n) is 9.04. The number of carbonyl (C=O) groups is 1. The Kier molecular flexibility index (Phi) is 3.97. The second-order valence-electron chi connectivity index (χ2n) is 3.34. The first-order valence-corrected chi connectivity index (χ1v) is 4.83. The highest BCUT2D eigenvalue weighted by molar-refractivity contribution is 5.71. The summed E-state index contributed by atoms with van der Waals surface area (Å²) in [5.41, 5.74) is 7.23. The van der Waals surface area contributed by atoms with Crippen molar-refractivity contribution >= 4 is 6.03 Å². The monoisotopic (exact) mass is 208 g/mol. The third-order valence-corrected chi connectivity index (χ3v) is 2.21. The SMILES string of the molecule is Cc1cccc(OCCNC(N)=O)c1C. The lowest BCUT2D eigenvalue weighted by Crippen LogP contribution is -2.32. The summed E-state index contributed by atoms with van der Waals surface area (Å²) in [5.74, 6) is 0.848. The number of primary amides is 1. The Bertz CT molecular complexity index is 350. The standard InChI is InChI=1S/C11H16N2O2/c1-8-4-3-5-10(9(8)2)15-7-6-13-11(12)14/h3-5H,6-7H2,1-2H3,(H3,12,13,14). The van der Waals surface area contributed by atoms with Gasteiger partial charge in [0.05, 0.1) is 6.54 Å². The average molecular weight is 208 g/mol. The quantitative estimate of drug-likeness (QED) is 0.733. The third kappa shape index (κ3) is 3.50. The van der Waals surface area contributed by atoms with Gasteiger partial charge in [-0.15, -0.1) is 0 Å². The van der Waals surface area contributed by atoms with Gasteiger partial charge < -0.3 is 15.8 Å². The number of nitrogens with one attached hydrogen (secondary N) is 1. The molecule has 0 unspecified atom stereocenters. The second kappa shape index (κ2) is 5.24. The highest BCUT2D eigenvalue weighted by Gasteiger charge is 2.01. The van der Waals surface area contributed by atoms with E-state index in [9.17, 15) is 4.79 Å². The van der Waals surface area contributed by atoms with E-state index in [1.165, 1.54) is 5.56 Å². The smallest absolute Gasteiger partial charge is 0.312 e. The maximum atomic E-state index is 10.4. The molecular weight excluding hydrogens is 192 g/mol. The van der Waals surface area contributed by atoms with Crippen LogP contribution in [-0.2, 0) is 0 Å². The van der Waals surface area contributed by atoms with E-state index in [2.05, 4.69) is 5.32 Å². The van der Waals surface area contributed by atoms with Crippen LogP contribution in [0.25, 0.3) is 0 Å². The molecule has 0 saturated carbocycles. The molecule has 3 N–H and O–H groups in total. The molecule has 0 heterocycles. The van der Waals surface area contributed by atoms with Gasteiger partial charge in [0.2, 0.25) is 0 Å². The predicted molar refractivity (Wildman–Crippen MR) is 59.0 cm³/mol. The topological polar surface area (TPSA) is 64.3 Å². The van der Waals surface area contributed by atoms with Gasteiger partial charge in [0.1, 0.15) is 12.4 Å². The summed E-state index contributed by atoms with van der Waals surface area (Å²) in [5, 5.41) is 2.46. The Morgan fingerprint density at radius 3 is 2.87 bits per heavy atom. The summed E-state index contributed by atoms with van der Waals surface area (Å²) in [4.78, 5) is 10.4. The van der Waals surface area contributed by atoms with E-state index in [4.69, 9.17) is 10.5 Å². The van der Waals surface area contributed by atoms with Crippen molar-refractivity contribution in [3.8, 4) is 5.75 Å². The molecule has 1 aromatic rings. The summed E-state index contributed by atoms with van der Waals surface area (Å²) in [6.07, 6.45) is 0. The maximum Gasteiger partial charge on any atom is 0.312 e. The van der Waals surface area contributed by atoms with Crippen LogP contribution in [0.1, 0.15) is 11.1 Å². The van der Waals surface area contributed by atoms with Crippen LogP contribution >= 0.6 is 0 Å². The maximum absolute atomic E-state index is 10.4. The van der Waals surface area contributed by atoms with Crippen LogP contribution in [0, 0.1) is 13.8 Å². The van der Waals surface area contributed by atoms with Crippen molar-refractivity contribution in [3.63, 3.8) is 0 Å². The van der Waals surface area contributed by atoms with Crippen molar-refractivity contribution in [1.82, 2.24) is 5.32 Å². The van der Waals surface area contributed by atoms with Gasteiger partial charge in [-0.2, -0.15) is 0 Å². The van der Waals surface area contributed by atoms with Gasteiger partial charge in [-0.1, -0.05) is 12.1 Å². The number of amides is 2. The Balaban J connectivity index is 2.44. The van der Waals surface area contributed by atoms with Crippen molar-refractivity contribution in [1.29, 1.82) is 0 Å². The molecule has 1 rings (SSSR count). The van der Waals surface area contributed by atoms with E-state index in [1.54, 1.807) is 0 Å². The Morgan fingerprint density at radius 1 is 1.47 bits per heavy atom.